The van der Waals surface area contributed by atoms with Crippen molar-refractivity contribution in [2.45, 2.75) is 26.7 Å². The highest BCUT2D eigenvalue weighted by molar-refractivity contribution is 5.92. The van der Waals surface area contributed by atoms with E-state index in [1.165, 1.54) is 7.11 Å². The van der Waals surface area contributed by atoms with Gasteiger partial charge in [0.1, 0.15) is 0 Å². The molecule has 0 spiro atoms. The molecule has 0 radical (unpaired) electrons. The highest BCUT2D eigenvalue weighted by Crippen LogP contribution is 2.19. The molecule has 6 nitrogen and oxygen atoms in total. The normalized spacial score (nSPS) is 15.3. The summed E-state index contributed by atoms with van der Waals surface area (Å²) in [5, 5.41) is 2.90. The number of nitrogens with zero attached hydrogens (tertiary/aromatic N) is 2. The van der Waals surface area contributed by atoms with E-state index in [4.69, 9.17) is 0 Å². The van der Waals surface area contributed by atoms with E-state index in [1.54, 1.807) is 24.3 Å². The van der Waals surface area contributed by atoms with Crippen LogP contribution in [-0.4, -0.2) is 61.6 Å². The highest BCUT2D eigenvalue weighted by Gasteiger charge is 2.23. The summed E-state index contributed by atoms with van der Waals surface area (Å²) in [6.45, 7) is 9.25. The fourth-order valence-corrected chi connectivity index (χ4v) is 3.18. The van der Waals surface area contributed by atoms with Gasteiger partial charge in [0.25, 0.3) is 0 Å². The number of likely N-dealkylation sites (tertiary alicyclic amines) is 1. The van der Waals surface area contributed by atoms with Gasteiger partial charge in [0.2, 0.25) is 0 Å². The van der Waals surface area contributed by atoms with Crippen molar-refractivity contribution in [3.05, 3.63) is 29.8 Å². The van der Waals surface area contributed by atoms with Crippen LogP contribution in [0.15, 0.2) is 24.3 Å². The van der Waals surface area contributed by atoms with Gasteiger partial charge >= 0.3 is 12.0 Å². The summed E-state index contributed by atoms with van der Waals surface area (Å²) in [6, 6.07) is 6.66. The maximum absolute atomic E-state index is 12.4. The summed E-state index contributed by atoms with van der Waals surface area (Å²) in [7, 11) is 1.35. The second-order valence-corrected chi connectivity index (χ2v) is 6.42. The molecule has 1 aliphatic heterocycles. The van der Waals surface area contributed by atoms with Gasteiger partial charge in [-0.25, -0.2) is 9.59 Å². The van der Waals surface area contributed by atoms with E-state index in [0.29, 0.717) is 17.2 Å². The molecule has 1 heterocycles. The van der Waals surface area contributed by atoms with E-state index in [2.05, 4.69) is 28.8 Å². The van der Waals surface area contributed by atoms with Crippen LogP contribution in [0.1, 0.15) is 37.0 Å². The number of hydrogen-bond donors (Lipinski definition) is 1. The van der Waals surface area contributed by atoms with Crippen molar-refractivity contribution in [3.8, 4) is 0 Å². The number of esters is 1. The van der Waals surface area contributed by atoms with Crippen molar-refractivity contribution in [1.29, 1.82) is 0 Å². The van der Waals surface area contributed by atoms with Crippen LogP contribution in [0.2, 0.25) is 0 Å². The minimum absolute atomic E-state index is 0.0768. The van der Waals surface area contributed by atoms with Crippen LogP contribution in [0.5, 0.6) is 0 Å². The summed E-state index contributed by atoms with van der Waals surface area (Å²) in [4.78, 5) is 28.1. The first-order valence-electron chi connectivity index (χ1n) is 9.04. The van der Waals surface area contributed by atoms with E-state index in [9.17, 15) is 9.59 Å². The van der Waals surface area contributed by atoms with Gasteiger partial charge in [-0.15, -0.1) is 0 Å². The molecule has 1 aromatic rings. The average molecular weight is 347 g/mol. The van der Waals surface area contributed by atoms with Gasteiger partial charge in [-0.1, -0.05) is 13.8 Å². The predicted molar refractivity (Wildman–Crippen MR) is 98.9 cm³/mol. The highest BCUT2D eigenvalue weighted by atomic mass is 16.5. The molecule has 1 aromatic carbocycles. The van der Waals surface area contributed by atoms with Crippen molar-refractivity contribution in [1.82, 2.24) is 9.80 Å². The van der Waals surface area contributed by atoms with E-state index >= 15 is 0 Å². The molecule has 0 atom stereocenters. The molecule has 2 rings (SSSR count). The number of benzene rings is 1. The lowest BCUT2D eigenvalue weighted by Gasteiger charge is -2.34. The molecule has 138 valence electrons. The number of rotatable bonds is 6. The first kappa shape index (κ1) is 19.2. The maximum atomic E-state index is 12.4. The number of urea groups is 1. The first-order valence-corrected chi connectivity index (χ1v) is 9.04. The van der Waals surface area contributed by atoms with Crippen LogP contribution in [-0.2, 0) is 4.74 Å². The SMILES string of the molecule is CCN(CC)CC1CCN(C(=O)Nc2ccc(C(=O)OC)cc2)CC1. The van der Waals surface area contributed by atoms with Gasteiger partial charge in [-0.2, -0.15) is 0 Å². The predicted octanol–water partition coefficient (Wildman–Crippen LogP) is 3.06. The fraction of sp³-hybridized carbons (Fsp3) is 0.579. The molecular weight excluding hydrogens is 318 g/mol. The second kappa shape index (κ2) is 9.42. The van der Waals surface area contributed by atoms with Crippen molar-refractivity contribution in [2.75, 3.05) is 45.2 Å². The molecule has 0 aromatic heterocycles. The van der Waals surface area contributed by atoms with Gasteiger partial charge < -0.3 is 19.9 Å². The number of methoxy groups -OCH3 is 1. The lowest BCUT2D eigenvalue weighted by Crippen LogP contribution is -2.43. The molecule has 6 heteroatoms. The maximum Gasteiger partial charge on any atom is 0.337 e. The minimum atomic E-state index is -0.381. The number of carbonyl (C=O) groups is 2. The Morgan fingerprint density at radius 3 is 2.28 bits per heavy atom. The summed E-state index contributed by atoms with van der Waals surface area (Å²) in [5.41, 5.74) is 1.15. The Hall–Kier alpha value is -2.08. The minimum Gasteiger partial charge on any atom is -0.465 e. The summed E-state index contributed by atoms with van der Waals surface area (Å²) in [5.74, 6) is 0.288. The number of piperidine rings is 1. The average Bonchev–Trinajstić information content (AvgIpc) is 2.66. The third-order valence-electron chi connectivity index (χ3n) is 4.87. The standard InChI is InChI=1S/C19H29N3O3/c1-4-21(5-2)14-15-10-12-22(13-11-15)19(24)20-17-8-6-16(7-9-17)18(23)25-3/h6-9,15H,4-5,10-14H2,1-3H3,(H,20,24). The van der Waals surface area contributed by atoms with Crippen LogP contribution in [0.25, 0.3) is 0 Å². The number of nitrogens with one attached hydrogen (secondary N) is 1. The quantitative estimate of drug-likeness (QED) is 0.804. The third-order valence-corrected chi connectivity index (χ3v) is 4.87. The molecule has 1 saturated heterocycles. The summed E-state index contributed by atoms with van der Waals surface area (Å²) in [6.07, 6.45) is 2.09. The van der Waals surface area contributed by atoms with Gasteiger partial charge in [-0.3, -0.25) is 0 Å². The number of hydrogen-bond acceptors (Lipinski definition) is 4. The van der Waals surface area contributed by atoms with Gasteiger partial charge in [0, 0.05) is 25.3 Å². The van der Waals surface area contributed by atoms with Gasteiger partial charge in [-0.05, 0) is 56.1 Å². The zero-order chi connectivity index (χ0) is 18.2. The number of carbonyl (C=O) groups excluding carboxylic acids is 2. The Balaban J connectivity index is 1.81. The van der Waals surface area contributed by atoms with Crippen LogP contribution < -0.4 is 5.32 Å². The Bertz CT molecular complexity index is 562. The van der Waals surface area contributed by atoms with Crippen molar-refractivity contribution >= 4 is 17.7 Å². The number of anilines is 1. The van der Waals surface area contributed by atoms with Crippen LogP contribution in [0, 0.1) is 5.92 Å². The monoisotopic (exact) mass is 347 g/mol. The lowest BCUT2D eigenvalue weighted by molar-refractivity contribution is 0.0600. The van der Waals surface area contributed by atoms with E-state index in [1.807, 2.05) is 4.90 Å². The van der Waals surface area contributed by atoms with Crippen molar-refractivity contribution in [2.24, 2.45) is 5.92 Å². The fourth-order valence-electron chi connectivity index (χ4n) is 3.18. The Morgan fingerprint density at radius 2 is 1.76 bits per heavy atom. The molecular formula is C19H29N3O3. The second-order valence-electron chi connectivity index (χ2n) is 6.42. The molecule has 1 aliphatic rings. The third kappa shape index (κ3) is 5.46. The molecule has 0 saturated carbocycles. The van der Waals surface area contributed by atoms with E-state index < -0.39 is 0 Å². The van der Waals surface area contributed by atoms with Crippen LogP contribution >= 0.6 is 0 Å². The Labute approximate surface area is 150 Å². The molecule has 2 amide bonds. The van der Waals surface area contributed by atoms with E-state index in [0.717, 1.165) is 45.6 Å². The molecule has 1 N–H and O–H groups in total. The Morgan fingerprint density at radius 1 is 1.16 bits per heavy atom. The molecule has 0 bridgehead atoms. The summed E-state index contributed by atoms with van der Waals surface area (Å²) < 4.78 is 4.67. The summed E-state index contributed by atoms with van der Waals surface area (Å²) >= 11 is 0. The topological polar surface area (TPSA) is 61.9 Å². The van der Waals surface area contributed by atoms with Crippen molar-refractivity contribution in [3.63, 3.8) is 0 Å². The molecule has 1 fully saturated rings. The van der Waals surface area contributed by atoms with Crippen LogP contribution in [0.4, 0.5) is 10.5 Å². The number of ether oxygens (including phenoxy) is 1. The van der Waals surface area contributed by atoms with E-state index in [-0.39, 0.29) is 12.0 Å². The zero-order valence-corrected chi connectivity index (χ0v) is 15.5. The smallest absolute Gasteiger partial charge is 0.337 e. The first-order chi connectivity index (χ1) is 12.1. The zero-order valence-electron chi connectivity index (χ0n) is 15.5. The largest absolute Gasteiger partial charge is 0.465 e. The van der Waals surface area contributed by atoms with Gasteiger partial charge in [0.15, 0.2) is 0 Å². The number of amides is 2. The molecule has 25 heavy (non-hydrogen) atoms. The molecule has 0 aliphatic carbocycles. The van der Waals surface area contributed by atoms with Gasteiger partial charge in [0.05, 0.1) is 12.7 Å². The Kier molecular flexibility index (Phi) is 7.25. The van der Waals surface area contributed by atoms with Crippen molar-refractivity contribution < 1.29 is 14.3 Å². The lowest BCUT2D eigenvalue weighted by atomic mass is 9.96. The van der Waals surface area contributed by atoms with Crippen LogP contribution in [0.3, 0.4) is 0 Å². The molecule has 0 unspecified atom stereocenters.